The Hall–Kier alpha value is -2.17. The molecule has 1 atom stereocenters. The van der Waals surface area contributed by atoms with E-state index in [0.29, 0.717) is 0 Å². The topological polar surface area (TPSA) is 74.7 Å². The van der Waals surface area contributed by atoms with E-state index in [1.54, 1.807) is 25.1 Å². The number of fused-ring (bicyclic) bond motifs is 1. The predicted octanol–water partition coefficient (Wildman–Crippen LogP) is 1.06. The highest BCUT2D eigenvalue weighted by Gasteiger charge is 2.40. The van der Waals surface area contributed by atoms with Crippen molar-refractivity contribution in [2.75, 3.05) is 0 Å². The molecule has 1 heterocycles. The molecule has 0 saturated carbocycles. The summed E-state index contributed by atoms with van der Waals surface area (Å²) in [4.78, 5) is 35.5. The number of carboxylic acids is 1. The van der Waals surface area contributed by atoms with Gasteiger partial charge in [-0.1, -0.05) is 11.6 Å². The van der Waals surface area contributed by atoms with Gasteiger partial charge in [-0.15, -0.1) is 0 Å². The molecule has 17 heavy (non-hydrogen) atoms. The van der Waals surface area contributed by atoms with Crippen LogP contribution < -0.4 is 0 Å². The zero-order chi connectivity index (χ0) is 12.7. The van der Waals surface area contributed by atoms with E-state index >= 15 is 0 Å². The second-order valence-electron chi connectivity index (χ2n) is 4.04. The molecule has 1 N–H and O–H groups in total. The fourth-order valence-electron chi connectivity index (χ4n) is 1.84. The van der Waals surface area contributed by atoms with Crippen LogP contribution >= 0.6 is 0 Å². The largest absolute Gasteiger partial charge is 0.480 e. The molecule has 0 radical (unpaired) electrons. The predicted molar refractivity (Wildman–Crippen MR) is 58.8 cm³/mol. The minimum Gasteiger partial charge on any atom is -0.480 e. The molecular formula is C12H11NO4. The molecule has 0 bridgehead atoms. The lowest BCUT2D eigenvalue weighted by Crippen LogP contribution is -2.42. The Balaban J connectivity index is 2.49. The summed E-state index contributed by atoms with van der Waals surface area (Å²) in [6, 6.07) is 3.73. The quantitative estimate of drug-likeness (QED) is 0.775. The zero-order valence-electron chi connectivity index (χ0n) is 9.43. The summed E-state index contributed by atoms with van der Waals surface area (Å²) in [7, 11) is 0. The number of aliphatic carboxylic acids is 1. The molecule has 5 heteroatoms. The van der Waals surface area contributed by atoms with Crippen molar-refractivity contribution >= 4 is 17.8 Å². The highest BCUT2D eigenvalue weighted by Crippen LogP contribution is 2.25. The first kappa shape index (κ1) is 11.3. The van der Waals surface area contributed by atoms with Gasteiger partial charge in [-0.2, -0.15) is 0 Å². The minimum absolute atomic E-state index is 0.272. The number of carboxylic acid groups (broad SMARTS) is 1. The molecule has 88 valence electrons. The molecule has 2 amide bonds. The van der Waals surface area contributed by atoms with E-state index in [-0.39, 0.29) is 11.1 Å². The van der Waals surface area contributed by atoms with Crippen LogP contribution in [0.1, 0.15) is 33.2 Å². The van der Waals surface area contributed by atoms with Crippen molar-refractivity contribution < 1.29 is 19.5 Å². The number of benzene rings is 1. The Morgan fingerprint density at radius 3 is 2.41 bits per heavy atom. The number of carbonyl (C=O) groups excluding carboxylic acids is 2. The van der Waals surface area contributed by atoms with E-state index in [1.807, 2.05) is 0 Å². The van der Waals surface area contributed by atoms with Crippen LogP contribution in [0.3, 0.4) is 0 Å². The maximum atomic E-state index is 11.9. The number of rotatable bonds is 2. The third-order valence-corrected chi connectivity index (χ3v) is 2.82. The summed E-state index contributed by atoms with van der Waals surface area (Å²) in [6.45, 7) is 3.12. The van der Waals surface area contributed by atoms with E-state index in [9.17, 15) is 14.4 Å². The average Bonchev–Trinajstić information content (AvgIpc) is 2.50. The summed E-state index contributed by atoms with van der Waals surface area (Å²) in [5, 5.41) is 8.87. The van der Waals surface area contributed by atoms with Crippen molar-refractivity contribution in [3.8, 4) is 0 Å². The molecule has 0 aliphatic carbocycles. The van der Waals surface area contributed by atoms with Gasteiger partial charge in [-0.05, 0) is 26.0 Å². The molecule has 0 fully saturated rings. The fraction of sp³-hybridized carbons (Fsp3) is 0.250. The Morgan fingerprint density at radius 1 is 1.24 bits per heavy atom. The van der Waals surface area contributed by atoms with Crippen molar-refractivity contribution in [1.82, 2.24) is 4.90 Å². The monoisotopic (exact) mass is 233 g/mol. The first-order chi connectivity index (χ1) is 7.93. The molecule has 1 aromatic rings. The molecule has 1 aliphatic heterocycles. The Labute approximate surface area is 97.7 Å². The van der Waals surface area contributed by atoms with Crippen molar-refractivity contribution in [1.29, 1.82) is 0 Å². The molecule has 0 unspecified atom stereocenters. The van der Waals surface area contributed by atoms with Gasteiger partial charge in [0, 0.05) is 0 Å². The third-order valence-electron chi connectivity index (χ3n) is 2.82. The van der Waals surface area contributed by atoms with Gasteiger partial charge in [-0.25, -0.2) is 4.79 Å². The van der Waals surface area contributed by atoms with Crippen LogP contribution in [0.4, 0.5) is 0 Å². The van der Waals surface area contributed by atoms with Crippen LogP contribution in [0, 0.1) is 6.92 Å². The molecule has 5 nitrogen and oxygen atoms in total. The number of imide groups is 1. The zero-order valence-corrected chi connectivity index (χ0v) is 9.43. The van der Waals surface area contributed by atoms with Crippen molar-refractivity contribution in [3.05, 3.63) is 34.9 Å². The van der Waals surface area contributed by atoms with E-state index in [0.717, 1.165) is 10.5 Å². The summed E-state index contributed by atoms with van der Waals surface area (Å²) in [5.74, 6) is -2.28. The van der Waals surface area contributed by atoms with Crippen LogP contribution in [0.5, 0.6) is 0 Å². The molecule has 0 spiro atoms. The number of hydrogen-bond donors (Lipinski definition) is 1. The van der Waals surface area contributed by atoms with E-state index < -0.39 is 23.8 Å². The summed E-state index contributed by atoms with van der Waals surface area (Å²) < 4.78 is 0. The van der Waals surface area contributed by atoms with Gasteiger partial charge in [0.1, 0.15) is 6.04 Å². The minimum atomic E-state index is -1.20. The first-order valence-corrected chi connectivity index (χ1v) is 5.15. The maximum Gasteiger partial charge on any atom is 0.326 e. The van der Waals surface area contributed by atoms with Gasteiger partial charge in [0.15, 0.2) is 0 Å². The number of carbonyl (C=O) groups is 3. The first-order valence-electron chi connectivity index (χ1n) is 5.15. The number of amides is 2. The SMILES string of the molecule is Cc1ccc2c(c1)C(=O)N([C@@H](C)C(=O)O)C2=O. The van der Waals surface area contributed by atoms with Gasteiger partial charge in [0.2, 0.25) is 0 Å². The normalized spacial score (nSPS) is 16.0. The lowest BCUT2D eigenvalue weighted by Gasteiger charge is -2.17. The Kier molecular flexibility index (Phi) is 2.46. The maximum absolute atomic E-state index is 11.9. The highest BCUT2D eigenvalue weighted by atomic mass is 16.4. The lowest BCUT2D eigenvalue weighted by atomic mass is 10.1. The number of aryl methyl sites for hydroxylation is 1. The van der Waals surface area contributed by atoms with Gasteiger partial charge >= 0.3 is 5.97 Å². The van der Waals surface area contributed by atoms with Crippen LogP contribution in [0.2, 0.25) is 0 Å². The highest BCUT2D eigenvalue weighted by molar-refractivity contribution is 6.22. The lowest BCUT2D eigenvalue weighted by molar-refractivity contribution is -0.140. The molecule has 2 rings (SSSR count). The summed E-state index contributed by atoms with van der Waals surface area (Å²) >= 11 is 0. The Morgan fingerprint density at radius 2 is 1.82 bits per heavy atom. The summed E-state index contributed by atoms with van der Waals surface area (Å²) in [6.07, 6.45) is 0. The van der Waals surface area contributed by atoms with Crippen LogP contribution in [0.15, 0.2) is 18.2 Å². The van der Waals surface area contributed by atoms with Gasteiger partial charge in [0.25, 0.3) is 11.8 Å². The number of nitrogens with zero attached hydrogens (tertiary/aromatic N) is 1. The van der Waals surface area contributed by atoms with Crippen LogP contribution in [-0.2, 0) is 4.79 Å². The van der Waals surface area contributed by atoms with E-state index in [4.69, 9.17) is 5.11 Å². The van der Waals surface area contributed by atoms with Crippen molar-refractivity contribution in [2.45, 2.75) is 19.9 Å². The third kappa shape index (κ3) is 1.60. The van der Waals surface area contributed by atoms with Crippen molar-refractivity contribution in [3.63, 3.8) is 0 Å². The molecule has 0 saturated heterocycles. The fourth-order valence-corrected chi connectivity index (χ4v) is 1.84. The van der Waals surface area contributed by atoms with Crippen molar-refractivity contribution in [2.24, 2.45) is 0 Å². The average molecular weight is 233 g/mol. The second-order valence-corrected chi connectivity index (χ2v) is 4.04. The van der Waals surface area contributed by atoms with Crippen LogP contribution in [-0.4, -0.2) is 33.8 Å². The Bertz CT molecular complexity index is 535. The van der Waals surface area contributed by atoms with Crippen LogP contribution in [0.25, 0.3) is 0 Å². The second kappa shape index (κ2) is 3.69. The molecule has 1 aliphatic rings. The smallest absolute Gasteiger partial charge is 0.326 e. The van der Waals surface area contributed by atoms with E-state index in [1.165, 1.54) is 6.92 Å². The standard InChI is InChI=1S/C12H11NO4/c1-6-3-4-8-9(5-6)11(15)13(10(8)14)7(2)12(16)17/h3-5,7H,1-2H3,(H,16,17)/t7-/m0/s1. The molecule has 1 aromatic carbocycles. The van der Waals surface area contributed by atoms with E-state index in [2.05, 4.69) is 0 Å². The van der Waals surface area contributed by atoms with Gasteiger partial charge in [-0.3, -0.25) is 14.5 Å². The number of hydrogen-bond acceptors (Lipinski definition) is 3. The molecule has 0 aromatic heterocycles. The molecular weight excluding hydrogens is 222 g/mol. The summed E-state index contributed by atoms with van der Waals surface area (Å²) in [5.41, 5.74) is 1.41. The van der Waals surface area contributed by atoms with Gasteiger partial charge in [0.05, 0.1) is 11.1 Å². The van der Waals surface area contributed by atoms with Gasteiger partial charge < -0.3 is 5.11 Å².